The van der Waals surface area contributed by atoms with Gasteiger partial charge in [0.05, 0.1) is 0 Å². The molecule has 0 atom stereocenters. The van der Waals surface area contributed by atoms with E-state index in [0.717, 1.165) is 52.8 Å². The van der Waals surface area contributed by atoms with Crippen LogP contribution in [0.2, 0.25) is 0 Å². The minimum Gasteiger partial charge on any atom is -0.348 e. The molecule has 0 saturated heterocycles. The first-order chi connectivity index (χ1) is 17.3. The molecular weight excluding hydrogens is 451 g/mol. The lowest BCUT2D eigenvalue weighted by Gasteiger charge is -2.17. The summed E-state index contributed by atoms with van der Waals surface area (Å²) in [5, 5.41) is 3.00. The maximum Gasteiger partial charge on any atom is 0.253 e. The van der Waals surface area contributed by atoms with Crippen LogP contribution in [0.1, 0.15) is 65.5 Å². The molecule has 0 spiro atoms. The Morgan fingerprint density at radius 2 is 1.86 bits per heavy atom. The van der Waals surface area contributed by atoms with Gasteiger partial charge in [-0.25, -0.2) is 4.39 Å². The summed E-state index contributed by atoms with van der Waals surface area (Å²) in [4.78, 5) is 29.1. The number of hydrogen-bond acceptors (Lipinski definition) is 2. The van der Waals surface area contributed by atoms with E-state index in [0.29, 0.717) is 17.0 Å². The number of aromatic nitrogens is 1. The second kappa shape index (κ2) is 10.9. The fourth-order valence-corrected chi connectivity index (χ4v) is 4.73. The highest BCUT2D eigenvalue weighted by Gasteiger charge is 2.20. The molecular formula is C31H33FN2O2. The van der Waals surface area contributed by atoms with Crippen molar-refractivity contribution in [3.8, 4) is 11.1 Å². The van der Waals surface area contributed by atoms with Crippen LogP contribution in [0, 0.1) is 18.7 Å². The largest absolute Gasteiger partial charge is 0.348 e. The van der Waals surface area contributed by atoms with Gasteiger partial charge in [-0.3, -0.25) is 9.59 Å². The van der Waals surface area contributed by atoms with Crippen LogP contribution < -0.4 is 10.9 Å². The number of benzene rings is 2. The Balaban J connectivity index is 1.73. The highest BCUT2D eigenvalue weighted by Crippen LogP contribution is 2.31. The molecule has 2 N–H and O–H groups in total. The van der Waals surface area contributed by atoms with Crippen molar-refractivity contribution in [3.05, 3.63) is 110 Å². The third-order valence-electron chi connectivity index (χ3n) is 6.71. The minimum atomic E-state index is -0.300. The Hall–Kier alpha value is -3.73. The maximum absolute atomic E-state index is 13.6. The van der Waals surface area contributed by atoms with Gasteiger partial charge in [0.1, 0.15) is 5.82 Å². The Bertz CT molecular complexity index is 1400. The number of fused-ring (bicyclic) bond motifs is 1. The summed E-state index contributed by atoms with van der Waals surface area (Å²) in [5.41, 5.74) is 7.66. The van der Waals surface area contributed by atoms with Gasteiger partial charge < -0.3 is 10.3 Å². The molecule has 1 amide bonds. The third kappa shape index (κ3) is 5.56. The summed E-state index contributed by atoms with van der Waals surface area (Å²) in [6.45, 7) is 8.41. The van der Waals surface area contributed by atoms with Crippen molar-refractivity contribution in [2.45, 2.75) is 53.5 Å². The van der Waals surface area contributed by atoms with Gasteiger partial charge in [-0.2, -0.15) is 0 Å². The fraction of sp³-hybridized carbons (Fsp3) is 0.290. The molecule has 0 fully saturated rings. The molecule has 2 aromatic carbocycles. The lowest BCUT2D eigenvalue weighted by molar-refractivity contribution is 0.0950. The molecule has 0 saturated carbocycles. The normalized spacial score (nSPS) is 12.8. The average molecular weight is 485 g/mol. The van der Waals surface area contributed by atoms with E-state index in [4.69, 9.17) is 0 Å². The van der Waals surface area contributed by atoms with E-state index in [1.807, 2.05) is 31.2 Å². The SMILES string of the molecule is CCCc1cc(C)[nH]c(=O)c1CNC(=O)c1cc(-c2ccc(F)cc2)cc2c1C=CC=C(C(C)C)C2. The van der Waals surface area contributed by atoms with Crippen LogP contribution in [0.4, 0.5) is 4.39 Å². The Morgan fingerprint density at radius 1 is 1.11 bits per heavy atom. The molecule has 5 heteroatoms. The van der Waals surface area contributed by atoms with E-state index in [9.17, 15) is 14.0 Å². The van der Waals surface area contributed by atoms with Gasteiger partial charge in [0.2, 0.25) is 0 Å². The number of aromatic amines is 1. The molecule has 4 rings (SSSR count). The molecule has 1 aliphatic carbocycles. The van der Waals surface area contributed by atoms with Gasteiger partial charge in [-0.1, -0.05) is 69.2 Å². The van der Waals surface area contributed by atoms with Crippen molar-refractivity contribution in [1.29, 1.82) is 0 Å². The number of allylic oxidation sites excluding steroid dienone is 3. The summed E-state index contributed by atoms with van der Waals surface area (Å²) in [6.07, 6.45) is 8.51. The maximum atomic E-state index is 13.6. The van der Waals surface area contributed by atoms with Crippen LogP contribution in [-0.2, 0) is 19.4 Å². The lowest BCUT2D eigenvalue weighted by atomic mass is 9.89. The van der Waals surface area contributed by atoms with Gasteiger partial charge in [-0.15, -0.1) is 0 Å². The summed E-state index contributed by atoms with van der Waals surface area (Å²) in [6, 6.07) is 12.3. The van der Waals surface area contributed by atoms with Gasteiger partial charge in [0.15, 0.2) is 0 Å². The van der Waals surface area contributed by atoms with Gasteiger partial charge >= 0.3 is 0 Å². The number of nitrogens with one attached hydrogen (secondary N) is 2. The van der Waals surface area contributed by atoms with Crippen LogP contribution in [-0.4, -0.2) is 10.9 Å². The second-order valence-corrected chi connectivity index (χ2v) is 9.75. The molecule has 1 aromatic heterocycles. The predicted octanol–water partition coefficient (Wildman–Crippen LogP) is 6.52. The van der Waals surface area contributed by atoms with Crippen LogP contribution in [0.15, 0.2) is 65.0 Å². The zero-order valence-corrected chi connectivity index (χ0v) is 21.4. The number of rotatable bonds is 7. The van der Waals surface area contributed by atoms with Crippen LogP contribution in [0.5, 0.6) is 0 Å². The summed E-state index contributed by atoms with van der Waals surface area (Å²) < 4.78 is 13.6. The highest BCUT2D eigenvalue weighted by atomic mass is 19.1. The Morgan fingerprint density at radius 3 is 2.56 bits per heavy atom. The average Bonchev–Trinajstić information content (AvgIpc) is 3.06. The minimum absolute atomic E-state index is 0.151. The molecule has 1 aliphatic rings. The molecule has 36 heavy (non-hydrogen) atoms. The van der Waals surface area contributed by atoms with E-state index in [1.165, 1.54) is 17.7 Å². The van der Waals surface area contributed by atoms with E-state index in [-0.39, 0.29) is 23.8 Å². The standard InChI is InChI=1S/C31H33FN2O2/c1-5-7-23-14-20(4)34-31(36)29(23)18-33-30(35)28-17-24(21-10-12-26(32)13-11-21)16-25-15-22(19(2)3)8-6-9-27(25)28/h6,8-14,16-17,19H,5,7,15,18H2,1-4H3,(H,33,35)(H,34,36). The number of hydrogen-bond donors (Lipinski definition) is 2. The molecule has 0 unspecified atom stereocenters. The number of H-pyrrole nitrogens is 1. The Kier molecular flexibility index (Phi) is 7.68. The summed E-state index contributed by atoms with van der Waals surface area (Å²) in [7, 11) is 0. The molecule has 1 heterocycles. The third-order valence-corrected chi connectivity index (χ3v) is 6.71. The molecule has 0 aliphatic heterocycles. The summed E-state index contributed by atoms with van der Waals surface area (Å²) >= 11 is 0. The Labute approximate surface area is 212 Å². The van der Waals surface area contributed by atoms with Crippen molar-refractivity contribution in [1.82, 2.24) is 10.3 Å². The number of carbonyl (C=O) groups is 1. The number of pyridine rings is 1. The fourth-order valence-electron chi connectivity index (χ4n) is 4.73. The van der Waals surface area contributed by atoms with E-state index < -0.39 is 0 Å². The van der Waals surface area contributed by atoms with Crippen LogP contribution >= 0.6 is 0 Å². The van der Waals surface area contributed by atoms with E-state index in [2.05, 4.69) is 43.2 Å². The van der Waals surface area contributed by atoms with E-state index >= 15 is 0 Å². The highest BCUT2D eigenvalue weighted by molar-refractivity contribution is 6.00. The smallest absolute Gasteiger partial charge is 0.253 e. The van der Waals surface area contributed by atoms with Crippen molar-refractivity contribution in [2.24, 2.45) is 5.92 Å². The summed E-state index contributed by atoms with van der Waals surface area (Å²) in [5.74, 6) is -0.168. The first-order valence-electron chi connectivity index (χ1n) is 12.6. The first kappa shape index (κ1) is 25.4. The van der Waals surface area contributed by atoms with Crippen LogP contribution in [0.3, 0.4) is 0 Å². The second-order valence-electron chi connectivity index (χ2n) is 9.75. The number of amides is 1. The number of halogens is 1. The van der Waals surface area contributed by atoms with Gasteiger partial charge in [0, 0.05) is 23.4 Å². The van der Waals surface area contributed by atoms with Crippen molar-refractivity contribution >= 4 is 12.0 Å². The molecule has 4 nitrogen and oxygen atoms in total. The topological polar surface area (TPSA) is 62.0 Å². The van der Waals surface area contributed by atoms with Crippen LogP contribution in [0.25, 0.3) is 17.2 Å². The monoisotopic (exact) mass is 484 g/mol. The molecule has 0 bridgehead atoms. The van der Waals surface area contributed by atoms with Crippen molar-refractivity contribution in [3.63, 3.8) is 0 Å². The quantitative estimate of drug-likeness (QED) is 0.401. The molecule has 0 radical (unpaired) electrons. The predicted molar refractivity (Wildman–Crippen MR) is 144 cm³/mol. The zero-order chi connectivity index (χ0) is 25.8. The van der Waals surface area contributed by atoms with E-state index in [1.54, 1.807) is 12.1 Å². The molecule has 186 valence electrons. The lowest BCUT2D eigenvalue weighted by Crippen LogP contribution is -2.29. The van der Waals surface area contributed by atoms with Gasteiger partial charge in [0.25, 0.3) is 11.5 Å². The first-order valence-corrected chi connectivity index (χ1v) is 12.6. The van der Waals surface area contributed by atoms with Crippen molar-refractivity contribution < 1.29 is 9.18 Å². The van der Waals surface area contributed by atoms with Gasteiger partial charge in [-0.05, 0) is 77.8 Å². The number of carbonyl (C=O) groups excluding carboxylic acids is 1. The zero-order valence-electron chi connectivity index (χ0n) is 21.4. The number of aryl methyl sites for hydroxylation is 2. The van der Waals surface area contributed by atoms with Crippen molar-refractivity contribution in [2.75, 3.05) is 0 Å². The molecule has 3 aromatic rings.